The predicted octanol–water partition coefficient (Wildman–Crippen LogP) is 5.41. The molecule has 4 rings (SSSR count). The minimum absolute atomic E-state index is 0.0590. The fraction of sp³-hybridized carbons (Fsp3) is 0.480. The Bertz CT molecular complexity index is 1220. The second kappa shape index (κ2) is 9.91. The lowest BCUT2D eigenvalue weighted by molar-refractivity contribution is -0.384. The summed E-state index contributed by atoms with van der Waals surface area (Å²) in [7, 11) is 0. The van der Waals surface area contributed by atoms with Crippen LogP contribution in [0.25, 0.3) is 0 Å². The quantitative estimate of drug-likeness (QED) is 0.321. The molecule has 0 bridgehead atoms. The van der Waals surface area contributed by atoms with Gasteiger partial charge in [0.2, 0.25) is 0 Å². The Balaban J connectivity index is 1.48. The van der Waals surface area contributed by atoms with E-state index in [0.717, 1.165) is 50.8 Å². The van der Waals surface area contributed by atoms with Gasteiger partial charge in [-0.2, -0.15) is 5.26 Å². The van der Waals surface area contributed by atoms with Gasteiger partial charge in [0.1, 0.15) is 16.8 Å². The van der Waals surface area contributed by atoms with Gasteiger partial charge < -0.3 is 10.2 Å². The van der Waals surface area contributed by atoms with E-state index in [2.05, 4.69) is 37.5 Å². The SMILES string of the molecule is CC(C)(C)[C@@H]1CCc2c(sc(NC(=S)NC(=O)c3ccc(N4CCCC4)c([N+](=O)[O-])c3)c2C#N)C1. The summed E-state index contributed by atoms with van der Waals surface area (Å²) in [5, 5.41) is 27.7. The number of fused-ring (bicyclic) bond motifs is 1. The molecule has 8 nitrogen and oxygen atoms in total. The highest BCUT2D eigenvalue weighted by atomic mass is 32.1. The number of carbonyl (C=O) groups excluding carboxylic acids is 1. The number of nitriles is 1. The zero-order valence-corrected chi connectivity index (χ0v) is 21.8. The molecule has 1 aromatic carbocycles. The molecule has 2 aliphatic rings. The number of anilines is 2. The van der Waals surface area contributed by atoms with Gasteiger partial charge in [0, 0.05) is 29.6 Å². The van der Waals surface area contributed by atoms with Crippen LogP contribution in [-0.4, -0.2) is 29.0 Å². The number of nitro groups is 1. The minimum Gasteiger partial charge on any atom is -0.366 e. The average Bonchev–Trinajstić information content (AvgIpc) is 3.45. The van der Waals surface area contributed by atoms with Crippen LogP contribution in [0.5, 0.6) is 0 Å². The van der Waals surface area contributed by atoms with Crippen molar-refractivity contribution in [2.75, 3.05) is 23.3 Å². The summed E-state index contributed by atoms with van der Waals surface area (Å²) in [5.41, 5.74) is 2.44. The second-order valence-corrected chi connectivity index (χ2v) is 11.7. The number of benzene rings is 1. The van der Waals surface area contributed by atoms with Crippen molar-refractivity contribution in [3.8, 4) is 6.07 Å². The van der Waals surface area contributed by atoms with Crippen molar-refractivity contribution >= 4 is 51.0 Å². The van der Waals surface area contributed by atoms with Gasteiger partial charge in [-0.1, -0.05) is 20.8 Å². The topological polar surface area (TPSA) is 111 Å². The van der Waals surface area contributed by atoms with Crippen LogP contribution in [0.2, 0.25) is 0 Å². The van der Waals surface area contributed by atoms with Crippen molar-refractivity contribution in [3.05, 3.63) is 49.9 Å². The molecule has 0 radical (unpaired) electrons. The van der Waals surface area contributed by atoms with E-state index >= 15 is 0 Å². The summed E-state index contributed by atoms with van der Waals surface area (Å²) < 4.78 is 0. The lowest BCUT2D eigenvalue weighted by Crippen LogP contribution is -2.34. The van der Waals surface area contributed by atoms with Crippen LogP contribution < -0.4 is 15.5 Å². The van der Waals surface area contributed by atoms with Crippen molar-refractivity contribution < 1.29 is 9.72 Å². The Hall–Kier alpha value is -3.03. The Morgan fingerprint density at radius 2 is 2.03 bits per heavy atom. The third kappa shape index (κ3) is 5.31. The van der Waals surface area contributed by atoms with E-state index in [1.165, 1.54) is 22.3 Å². The number of carbonyl (C=O) groups is 1. The van der Waals surface area contributed by atoms with Crippen molar-refractivity contribution in [1.29, 1.82) is 5.26 Å². The lowest BCUT2D eigenvalue weighted by atomic mass is 9.72. The highest BCUT2D eigenvalue weighted by molar-refractivity contribution is 7.80. The largest absolute Gasteiger partial charge is 0.366 e. The molecular weight excluding hydrogens is 482 g/mol. The Kier molecular flexibility index (Phi) is 7.10. The van der Waals surface area contributed by atoms with Crippen LogP contribution in [0.15, 0.2) is 18.2 Å². The molecule has 2 N–H and O–H groups in total. The van der Waals surface area contributed by atoms with Gasteiger partial charge in [0.15, 0.2) is 5.11 Å². The number of thiophene rings is 1. The number of nitro benzene ring substituents is 1. The summed E-state index contributed by atoms with van der Waals surface area (Å²) in [6.07, 6.45) is 4.80. The molecule has 0 saturated carbocycles. The molecule has 35 heavy (non-hydrogen) atoms. The van der Waals surface area contributed by atoms with Crippen LogP contribution >= 0.6 is 23.6 Å². The summed E-state index contributed by atoms with van der Waals surface area (Å²) >= 11 is 6.87. The number of nitrogens with one attached hydrogen (secondary N) is 2. The smallest absolute Gasteiger partial charge is 0.293 e. The highest BCUT2D eigenvalue weighted by Gasteiger charge is 2.32. The Labute approximate surface area is 214 Å². The molecule has 1 fully saturated rings. The zero-order chi connectivity index (χ0) is 25.3. The minimum atomic E-state index is -0.536. The first-order chi connectivity index (χ1) is 16.6. The van der Waals surface area contributed by atoms with Gasteiger partial charge in [0.25, 0.3) is 11.6 Å². The number of hydrogen-bond donors (Lipinski definition) is 2. The molecule has 1 saturated heterocycles. The standard InChI is InChI=1S/C25H29N5O3S2/c1-25(2,3)16-7-8-17-18(14-26)23(35-21(17)13-16)28-24(34)27-22(31)15-6-9-19(20(12-15)30(32)33)29-10-4-5-11-29/h6,9,12,16H,4-5,7-8,10-11,13H2,1-3H3,(H2,27,28,31,34)/t16-/m1/s1. The predicted molar refractivity (Wildman–Crippen MR) is 142 cm³/mol. The van der Waals surface area contributed by atoms with Crippen LogP contribution in [0, 0.1) is 32.8 Å². The van der Waals surface area contributed by atoms with E-state index in [9.17, 15) is 20.2 Å². The fourth-order valence-electron chi connectivity index (χ4n) is 4.88. The summed E-state index contributed by atoms with van der Waals surface area (Å²) in [5.74, 6) is 0.00483. The maximum atomic E-state index is 12.8. The van der Waals surface area contributed by atoms with Crippen LogP contribution in [-0.2, 0) is 12.8 Å². The molecule has 2 heterocycles. The molecule has 1 aliphatic heterocycles. The third-order valence-electron chi connectivity index (χ3n) is 6.94. The average molecular weight is 512 g/mol. The molecule has 0 unspecified atom stereocenters. The number of rotatable bonds is 4. The van der Waals surface area contributed by atoms with Gasteiger partial charge in [-0.05, 0) is 73.4 Å². The first-order valence-electron chi connectivity index (χ1n) is 11.8. The maximum absolute atomic E-state index is 12.8. The van der Waals surface area contributed by atoms with Crippen molar-refractivity contribution in [3.63, 3.8) is 0 Å². The monoisotopic (exact) mass is 511 g/mol. The summed E-state index contributed by atoms with van der Waals surface area (Å²) in [6.45, 7) is 8.26. The van der Waals surface area contributed by atoms with E-state index < -0.39 is 10.8 Å². The van der Waals surface area contributed by atoms with Gasteiger partial charge in [-0.25, -0.2) is 0 Å². The van der Waals surface area contributed by atoms with Crippen LogP contribution in [0.3, 0.4) is 0 Å². The van der Waals surface area contributed by atoms with E-state index in [1.54, 1.807) is 12.1 Å². The molecule has 184 valence electrons. The van der Waals surface area contributed by atoms with E-state index in [0.29, 0.717) is 22.2 Å². The molecule has 1 aromatic heterocycles. The van der Waals surface area contributed by atoms with Gasteiger partial charge in [0.05, 0.1) is 10.5 Å². The lowest BCUT2D eigenvalue weighted by Gasteiger charge is -2.33. The van der Waals surface area contributed by atoms with Gasteiger partial charge >= 0.3 is 0 Å². The molecule has 0 spiro atoms. The van der Waals surface area contributed by atoms with Gasteiger partial charge in [-0.15, -0.1) is 11.3 Å². The normalized spacial score (nSPS) is 17.4. The molecule has 2 aromatic rings. The van der Waals surface area contributed by atoms with E-state index in [1.807, 2.05) is 4.90 Å². The van der Waals surface area contributed by atoms with E-state index in [4.69, 9.17) is 12.2 Å². The Morgan fingerprint density at radius 1 is 1.31 bits per heavy atom. The highest BCUT2D eigenvalue weighted by Crippen LogP contribution is 2.44. The van der Waals surface area contributed by atoms with E-state index in [-0.39, 0.29) is 21.8 Å². The van der Waals surface area contributed by atoms with Crippen molar-refractivity contribution in [2.45, 2.75) is 52.9 Å². The Morgan fingerprint density at radius 3 is 2.66 bits per heavy atom. The van der Waals surface area contributed by atoms with Crippen LogP contribution in [0.4, 0.5) is 16.4 Å². The molecule has 1 aliphatic carbocycles. The maximum Gasteiger partial charge on any atom is 0.293 e. The fourth-order valence-corrected chi connectivity index (χ4v) is 6.42. The molecule has 1 atom stereocenters. The summed E-state index contributed by atoms with van der Waals surface area (Å²) in [4.78, 5) is 27.2. The number of hydrogen-bond acceptors (Lipinski definition) is 7. The number of thiocarbonyl (C=S) groups is 1. The van der Waals surface area contributed by atoms with Crippen LogP contribution in [0.1, 0.15) is 66.4 Å². The number of nitrogens with zero attached hydrogens (tertiary/aromatic N) is 3. The van der Waals surface area contributed by atoms with Crippen molar-refractivity contribution in [1.82, 2.24) is 5.32 Å². The molecule has 1 amide bonds. The summed E-state index contributed by atoms with van der Waals surface area (Å²) in [6, 6.07) is 6.80. The number of amides is 1. The van der Waals surface area contributed by atoms with Gasteiger partial charge in [-0.3, -0.25) is 20.2 Å². The zero-order valence-electron chi connectivity index (χ0n) is 20.1. The molecular formula is C25H29N5O3S2. The first kappa shape index (κ1) is 25.1. The van der Waals surface area contributed by atoms with Crippen molar-refractivity contribution in [2.24, 2.45) is 11.3 Å². The first-order valence-corrected chi connectivity index (χ1v) is 13.0. The second-order valence-electron chi connectivity index (χ2n) is 10.2. The molecule has 10 heteroatoms. The third-order valence-corrected chi connectivity index (χ3v) is 8.31.